The Labute approximate surface area is 154 Å². The molecular formula is C18H16N4O5. The van der Waals surface area contributed by atoms with Crippen LogP contribution in [-0.2, 0) is 0 Å². The van der Waals surface area contributed by atoms with Gasteiger partial charge in [-0.25, -0.2) is 4.79 Å². The number of imide groups is 1. The van der Waals surface area contributed by atoms with Crippen molar-refractivity contribution >= 4 is 29.2 Å². The number of amides is 4. The summed E-state index contributed by atoms with van der Waals surface area (Å²) in [5, 5.41) is 15.8. The predicted molar refractivity (Wildman–Crippen MR) is 96.5 cm³/mol. The molecule has 0 atom stereocenters. The number of anilines is 1. The van der Waals surface area contributed by atoms with Crippen molar-refractivity contribution in [1.29, 1.82) is 0 Å². The highest BCUT2D eigenvalue weighted by atomic mass is 16.6. The minimum Gasteiger partial charge on any atom is -0.338 e. The van der Waals surface area contributed by atoms with E-state index in [0.717, 1.165) is 4.90 Å². The highest BCUT2D eigenvalue weighted by molar-refractivity contribution is 6.21. The number of carbonyl (C=O) groups excluding carboxylic acids is 3. The SMILES string of the molecule is O=C(NCCCN1C(=O)c2ccccc2C1=O)Nc1cccc([N+](=O)[O-])c1. The van der Waals surface area contributed by atoms with E-state index < -0.39 is 11.0 Å². The number of hydrogen-bond acceptors (Lipinski definition) is 5. The lowest BCUT2D eigenvalue weighted by atomic mass is 10.1. The second-order valence-electron chi connectivity index (χ2n) is 5.85. The number of nitro benzene ring substituents is 1. The van der Waals surface area contributed by atoms with Crippen molar-refractivity contribution < 1.29 is 19.3 Å². The van der Waals surface area contributed by atoms with Crippen molar-refractivity contribution in [3.8, 4) is 0 Å². The molecule has 0 radical (unpaired) electrons. The van der Waals surface area contributed by atoms with Crippen LogP contribution in [0, 0.1) is 10.1 Å². The molecular weight excluding hydrogens is 352 g/mol. The summed E-state index contributed by atoms with van der Waals surface area (Å²) in [5.41, 5.74) is 0.943. The number of rotatable bonds is 6. The average Bonchev–Trinajstić information content (AvgIpc) is 2.90. The Kier molecular flexibility index (Phi) is 5.11. The summed E-state index contributed by atoms with van der Waals surface area (Å²) in [6.45, 7) is 0.414. The van der Waals surface area contributed by atoms with Crippen LogP contribution in [0.1, 0.15) is 27.1 Å². The third-order valence-electron chi connectivity index (χ3n) is 4.04. The smallest absolute Gasteiger partial charge is 0.319 e. The summed E-state index contributed by atoms with van der Waals surface area (Å²) in [6.07, 6.45) is 0.383. The third kappa shape index (κ3) is 3.92. The standard InChI is InChI=1S/C18H16N4O5/c23-16-14-7-1-2-8-15(14)17(24)21(16)10-4-9-19-18(25)20-12-5-3-6-13(11-12)22(26)27/h1-3,5-8,11H,4,9-10H2,(H2,19,20,25). The van der Waals surface area contributed by atoms with Gasteiger partial charge >= 0.3 is 6.03 Å². The normalized spacial score (nSPS) is 12.7. The van der Waals surface area contributed by atoms with Gasteiger partial charge in [0, 0.05) is 30.9 Å². The fraction of sp³-hybridized carbons (Fsp3) is 0.167. The number of hydrogen-bond donors (Lipinski definition) is 2. The monoisotopic (exact) mass is 368 g/mol. The highest BCUT2D eigenvalue weighted by Gasteiger charge is 2.34. The molecule has 27 heavy (non-hydrogen) atoms. The van der Waals surface area contributed by atoms with Crippen molar-refractivity contribution in [1.82, 2.24) is 10.2 Å². The Hall–Kier alpha value is -3.75. The minimum absolute atomic E-state index is 0.126. The Morgan fingerprint density at radius 1 is 1.04 bits per heavy atom. The van der Waals surface area contributed by atoms with Crippen molar-refractivity contribution in [2.45, 2.75) is 6.42 Å². The van der Waals surface area contributed by atoms with Gasteiger partial charge in [0.15, 0.2) is 0 Å². The maximum atomic E-state index is 12.2. The van der Waals surface area contributed by atoms with Crippen LogP contribution in [0.2, 0.25) is 0 Å². The molecule has 0 aliphatic carbocycles. The van der Waals surface area contributed by atoms with Crippen LogP contribution in [-0.4, -0.2) is 40.8 Å². The van der Waals surface area contributed by atoms with E-state index in [0.29, 0.717) is 23.2 Å². The highest BCUT2D eigenvalue weighted by Crippen LogP contribution is 2.22. The number of urea groups is 1. The first-order chi connectivity index (χ1) is 13.0. The largest absolute Gasteiger partial charge is 0.338 e. The van der Waals surface area contributed by atoms with E-state index in [1.54, 1.807) is 24.3 Å². The first-order valence-electron chi connectivity index (χ1n) is 8.22. The van der Waals surface area contributed by atoms with Crippen LogP contribution in [0.4, 0.5) is 16.2 Å². The molecule has 1 aliphatic heterocycles. The van der Waals surface area contributed by atoms with Crippen LogP contribution in [0.25, 0.3) is 0 Å². The molecule has 0 saturated carbocycles. The second kappa shape index (κ2) is 7.65. The zero-order valence-electron chi connectivity index (χ0n) is 14.2. The molecule has 9 nitrogen and oxygen atoms in total. The number of benzene rings is 2. The maximum Gasteiger partial charge on any atom is 0.319 e. The third-order valence-corrected chi connectivity index (χ3v) is 4.04. The van der Waals surface area contributed by atoms with Crippen LogP contribution in [0.3, 0.4) is 0 Å². The summed E-state index contributed by atoms with van der Waals surface area (Å²) in [7, 11) is 0. The first kappa shape index (κ1) is 18.1. The van der Waals surface area contributed by atoms with Crippen molar-refractivity contribution in [2.75, 3.05) is 18.4 Å². The molecule has 9 heteroatoms. The number of nitrogens with zero attached hydrogens (tertiary/aromatic N) is 2. The van der Waals surface area contributed by atoms with Gasteiger partial charge in [0.05, 0.1) is 16.1 Å². The number of non-ortho nitro benzene ring substituents is 1. The van der Waals surface area contributed by atoms with E-state index >= 15 is 0 Å². The summed E-state index contributed by atoms with van der Waals surface area (Å²) in [5.74, 6) is -0.673. The lowest BCUT2D eigenvalue weighted by molar-refractivity contribution is -0.384. The van der Waals surface area contributed by atoms with E-state index in [2.05, 4.69) is 10.6 Å². The molecule has 2 aromatic carbocycles. The molecule has 0 fully saturated rings. The summed E-state index contributed by atoms with van der Waals surface area (Å²) in [6, 6.07) is 11.7. The predicted octanol–water partition coefficient (Wildman–Crippen LogP) is 2.40. The van der Waals surface area contributed by atoms with Gasteiger partial charge in [-0.1, -0.05) is 18.2 Å². The topological polar surface area (TPSA) is 122 Å². The molecule has 4 amide bonds. The zero-order chi connectivity index (χ0) is 19.4. The summed E-state index contributed by atoms with van der Waals surface area (Å²) >= 11 is 0. The molecule has 2 aromatic rings. The van der Waals surface area contributed by atoms with Crippen LogP contribution in [0.5, 0.6) is 0 Å². The summed E-state index contributed by atoms with van der Waals surface area (Å²) in [4.78, 5) is 47.6. The lowest BCUT2D eigenvalue weighted by Gasteiger charge is -2.14. The molecule has 0 spiro atoms. The molecule has 0 aromatic heterocycles. The maximum absolute atomic E-state index is 12.2. The fourth-order valence-corrected chi connectivity index (χ4v) is 2.75. The molecule has 0 unspecified atom stereocenters. The number of nitro groups is 1. The Morgan fingerprint density at radius 2 is 1.70 bits per heavy atom. The number of fused-ring (bicyclic) bond motifs is 1. The molecule has 2 N–H and O–H groups in total. The molecule has 0 bridgehead atoms. The van der Waals surface area contributed by atoms with Crippen LogP contribution < -0.4 is 10.6 Å². The van der Waals surface area contributed by atoms with Gasteiger partial charge in [-0.05, 0) is 24.6 Å². The Balaban J connectivity index is 1.46. The second-order valence-corrected chi connectivity index (χ2v) is 5.85. The number of carbonyl (C=O) groups is 3. The number of nitrogens with one attached hydrogen (secondary N) is 2. The Morgan fingerprint density at radius 3 is 2.33 bits per heavy atom. The van der Waals surface area contributed by atoms with Gasteiger partial charge in [-0.15, -0.1) is 0 Å². The van der Waals surface area contributed by atoms with E-state index in [4.69, 9.17) is 0 Å². The van der Waals surface area contributed by atoms with Gasteiger partial charge in [0.2, 0.25) is 0 Å². The van der Waals surface area contributed by atoms with Gasteiger partial charge in [-0.2, -0.15) is 0 Å². The Bertz CT molecular complexity index is 892. The molecule has 138 valence electrons. The van der Waals surface area contributed by atoms with E-state index in [-0.39, 0.29) is 30.6 Å². The van der Waals surface area contributed by atoms with Crippen molar-refractivity contribution in [3.05, 3.63) is 69.8 Å². The van der Waals surface area contributed by atoms with E-state index in [1.165, 1.54) is 24.3 Å². The zero-order valence-corrected chi connectivity index (χ0v) is 14.2. The molecule has 1 aliphatic rings. The van der Waals surface area contributed by atoms with Gasteiger partial charge in [0.25, 0.3) is 17.5 Å². The van der Waals surface area contributed by atoms with E-state index in [1.807, 2.05) is 0 Å². The van der Waals surface area contributed by atoms with Crippen molar-refractivity contribution in [2.24, 2.45) is 0 Å². The summed E-state index contributed by atoms with van der Waals surface area (Å²) < 4.78 is 0. The molecule has 1 heterocycles. The van der Waals surface area contributed by atoms with Crippen molar-refractivity contribution in [3.63, 3.8) is 0 Å². The minimum atomic E-state index is -0.550. The van der Waals surface area contributed by atoms with Gasteiger partial charge in [0.1, 0.15) is 0 Å². The van der Waals surface area contributed by atoms with Crippen LogP contribution >= 0.6 is 0 Å². The average molecular weight is 368 g/mol. The fourth-order valence-electron chi connectivity index (χ4n) is 2.75. The van der Waals surface area contributed by atoms with E-state index in [9.17, 15) is 24.5 Å². The molecule has 0 saturated heterocycles. The van der Waals surface area contributed by atoms with Crippen LogP contribution in [0.15, 0.2) is 48.5 Å². The quantitative estimate of drug-likeness (QED) is 0.351. The molecule has 3 rings (SSSR count). The van der Waals surface area contributed by atoms with Gasteiger partial charge < -0.3 is 10.6 Å². The first-order valence-corrected chi connectivity index (χ1v) is 8.22. The van der Waals surface area contributed by atoms with Gasteiger partial charge in [-0.3, -0.25) is 24.6 Å². The lowest BCUT2D eigenvalue weighted by Crippen LogP contribution is -2.35.